The third-order valence-corrected chi connectivity index (χ3v) is 7.10. The van der Waals surface area contributed by atoms with E-state index in [4.69, 9.17) is 15.2 Å². The number of nitrogen functional groups attached to an aromatic ring is 1. The number of ether oxygens (including phenoxy) is 2. The molecule has 0 unspecified atom stereocenters. The number of nitrogens with two attached hydrogens (primary N) is 1. The second-order valence-electron chi connectivity index (χ2n) is 7.10. The van der Waals surface area contributed by atoms with Crippen molar-refractivity contribution in [2.75, 3.05) is 25.2 Å². The first-order chi connectivity index (χ1) is 16.3. The number of methoxy groups -OCH3 is 1. The molecule has 0 aliphatic carbocycles. The molecule has 12 nitrogen and oxygen atoms in total. The van der Waals surface area contributed by atoms with Gasteiger partial charge in [-0.05, 0) is 24.3 Å². The number of carbonyl (C=O) groups is 3. The summed E-state index contributed by atoms with van der Waals surface area (Å²) in [5, 5.41) is 25.4. The molecule has 0 radical (unpaired) electrons. The van der Waals surface area contributed by atoms with E-state index in [1.165, 1.54) is 17.1 Å². The number of aromatic nitrogens is 1. The zero-order valence-electron chi connectivity index (χ0n) is 17.6. The van der Waals surface area contributed by atoms with E-state index in [0.29, 0.717) is 17.1 Å². The summed E-state index contributed by atoms with van der Waals surface area (Å²) in [5.41, 5.74) is 5.47. The van der Waals surface area contributed by atoms with Gasteiger partial charge in [0.25, 0.3) is 11.8 Å². The van der Waals surface area contributed by atoms with Crippen LogP contribution in [0.2, 0.25) is 0 Å². The van der Waals surface area contributed by atoms with E-state index in [2.05, 4.69) is 15.5 Å². The summed E-state index contributed by atoms with van der Waals surface area (Å²) in [5.74, 6) is -1.25. The maximum absolute atomic E-state index is 12.8. The van der Waals surface area contributed by atoms with Crippen molar-refractivity contribution in [2.24, 2.45) is 5.16 Å². The standard InChI is InChI=1S/C20H19N5O7S2/c1-31-10-2-4-11(5-3-10)32-6-9-7-33-18-14(17(27)25(18)15(9)19(28)29)23-16(26)13(24-30)12-8-34-20(21)22-12/h2-5,8,14,18,30H,6-7H2,1H3,(H2,21,22)(H,23,26)(H,28,29)/b24-13-/t14-,18-/m1/s1. The highest BCUT2D eigenvalue weighted by Gasteiger charge is 2.54. The molecular formula is C20H19N5O7S2. The van der Waals surface area contributed by atoms with Crippen LogP contribution in [0.25, 0.3) is 0 Å². The lowest BCUT2D eigenvalue weighted by molar-refractivity contribution is -0.150. The molecule has 14 heteroatoms. The maximum Gasteiger partial charge on any atom is 0.352 e. The van der Waals surface area contributed by atoms with Gasteiger partial charge in [-0.1, -0.05) is 5.16 Å². The van der Waals surface area contributed by atoms with Crippen molar-refractivity contribution >= 4 is 51.7 Å². The van der Waals surface area contributed by atoms with Crippen LogP contribution in [0.1, 0.15) is 5.69 Å². The Morgan fingerprint density at radius 2 is 2.03 bits per heavy atom. The third kappa shape index (κ3) is 4.36. The van der Waals surface area contributed by atoms with Crippen molar-refractivity contribution in [1.82, 2.24) is 15.2 Å². The Morgan fingerprint density at radius 3 is 2.62 bits per heavy atom. The monoisotopic (exact) mass is 505 g/mol. The Balaban J connectivity index is 1.46. The molecule has 4 rings (SSSR count). The first-order valence-electron chi connectivity index (χ1n) is 9.75. The molecule has 3 heterocycles. The van der Waals surface area contributed by atoms with Crippen LogP contribution in [0, 0.1) is 0 Å². The molecule has 2 aliphatic rings. The zero-order chi connectivity index (χ0) is 24.4. The van der Waals surface area contributed by atoms with Gasteiger partial charge < -0.3 is 30.8 Å². The molecule has 0 saturated carbocycles. The Bertz CT molecular complexity index is 1190. The first-order valence-corrected chi connectivity index (χ1v) is 11.7. The minimum absolute atomic E-state index is 0.0267. The molecule has 1 aromatic heterocycles. The minimum atomic E-state index is -1.27. The summed E-state index contributed by atoms with van der Waals surface area (Å²) in [6.07, 6.45) is 0. The fourth-order valence-corrected chi connectivity index (χ4v) is 5.33. The topological polar surface area (TPSA) is 177 Å². The number of hydrogen-bond donors (Lipinski definition) is 4. The van der Waals surface area contributed by atoms with Crippen LogP contribution >= 0.6 is 23.1 Å². The molecule has 34 heavy (non-hydrogen) atoms. The fraction of sp³-hybridized carbons (Fsp3) is 0.250. The number of thioether (sulfide) groups is 1. The normalized spacial score (nSPS) is 19.9. The van der Waals surface area contributed by atoms with E-state index in [0.717, 1.165) is 16.2 Å². The summed E-state index contributed by atoms with van der Waals surface area (Å²) in [6.45, 7) is -0.0267. The average Bonchev–Trinajstić information content (AvgIpc) is 3.26. The lowest BCUT2D eigenvalue weighted by Gasteiger charge is -2.49. The predicted octanol–water partition coefficient (Wildman–Crippen LogP) is 0.730. The number of benzene rings is 1. The summed E-state index contributed by atoms with van der Waals surface area (Å²) in [7, 11) is 1.54. The fourth-order valence-electron chi connectivity index (χ4n) is 3.46. The van der Waals surface area contributed by atoms with E-state index >= 15 is 0 Å². The maximum atomic E-state index is 12.8. The number of aliphatic carboxylic acids is 1. The number of thiazole rings is 1. The van der Waals surface area contributed by atoms with Crippen LogP contribution in [-0.2, 0) is 14.4 Å². The molecule has 2 aromatic rings. The van der Waals surface area contributed by atoms with E-state index in [1.54, 1.807) is 31.4 Å². The number of nitrogens with one attached hydrogen (secondary N) is 1. The smallest absolute Gasteiger partial charge is 0.352 e. The molecule has 0 spiro atoms. The van der Waals surface area contributed by atoms with Crippen molar-refractivity contribution in [2.45, 2.75) is 11.4 Å². The molecule has 0 bridgehead atoms. The number of β-lactam (4-membered cyclic amide) rings is 1. The van der Waals surface area contributed by atoms with E-state index in [9.17, 15) is 24.7 Å². The molecule has 1 saturated heterocycles. The van der Waals surface area contributed by atoms with Crippen LogP contribution in [-0.4, -0.2) is 74.6 Å². The number of oxime groups is 1. The molecular weight excluding hydrogens is 486 g/mol. The van der Waals surface area contributed by atoms with Crippen LogP contribution in [0.4, 0.5) is 5.13 Å². The van der Waals surface area contributed by atoms with Gasteiger partial charge in [0.2, 0.25) is 0 Å². The van der Waals surface area contributed by atoms with E-state index < -0.39 is 34.9 Å². The van der Waals surface area contributed by atoms with Gasteiger partial charge in [-0.3, -0.25) is 14.5 Å². The Labute approximate surface area is 201 Å². The van der Waals surface area contributed by atoms with Crippen LogP contribution in [0.3, 0.4) is 0 Å². The first kappa shape index (κ1) is 23.4. The zero-order valence-corrected chi connectivity index (χ0v) is 19.3. The molecule has 2 atom stereocenters. The van der Waals surface area contributed by atoms with E-state index in [1.807, 2.05) is 0 Å². The van der Waals surface area contributed by atoms with Gasteiger partial charge in [0.15, 0.2) is 10.8 Å². The second-order valence-corrected chi connectivity index (χ2v) is 9.10. The lowest BCUT2D eigenvalue weighted by atomic mass is 10.0. The molecule has 2 aliphatic heterocycles. The van der Waals surface area contributed by atoms with Gasteiger partial charge in [-0.2, -0.15) is 0 Å². The Kier molecular flexibility index (Phi) is 6.61. The number of amides is 2. The summed E-state index contributed by atoms with van der Waals surface area (Å²) in [6, 6.07) is 5.81. The number of rotatable bonds is 8. The highest BCUT2D eigenvalue weighted by atomic mass is 32.2. The number of anilines is 1. The van der Waals surface area contributed by atoms with E-state index in [-0.39, 0.29) is 28.9 Å². The number of carboxylic acid groups (broad SMARTS) is 1. The number of carbonyl (C=O) groups excluding carboxylic acids is 2. The van der Waals surface area contributed by atoms with Crippen molar-refractivity contribution in [3.8, 4) is 11.5 Å². The quantitative estimate of drug-likeness (QED) is 0.173. The molecule has 178 valence electrons. The highest BCUT2D eigenvalue weighted by Crippen LogP contribution is 2.40. The molecule has 1 aromatic carbocycles. The predicted molar refractivity (Wildman–Crippen MR) is 123 cm³/mol. The largest absolute Gasteiger partial charge is 0.497 e. The summed E-state index contributed by atoms with van der Waals surface area (Å²) < 4.78 is 10.8. The molecule has 5 N–H and O–H groups in total. The van der Waals surface area contributed by atoms with Crippen molar-refractivity contribution in [1.29, 1.82) is 0 Å². The van der Waals surface area contributed by atoms with Crippen LogP contribution in [0.5, 0.6) is 11.5 Å². The molecule has 1 fully saturated rings. The van der Waals surface area contributed by atoms with Gasteiger partial charge in [0, 0.05) is 16.7 Å². The van der Waals surface area contributed by atoms with Gasteiger partial charge in [0.05, 0.1) is 7.11 Å². The van der Waals surface area contributed by atoms with Crippen LogP contribution < -0.4 is 20.5 Å². The van der Waals surface area contributed by atoms with Crippen molar-refractivity contribution < 1.29 is 34.2 Å². The number of fused-ring (bicyclic) bond motifs is 1. The third-order valence-electron chi connectivity index (χ3n) is 5.09. The highest BCUT2D eigenvalue weighted by molar-refractivity contribution is 8.00. The SMILES string of the molecule is COc1ccc(OCC2=C(C(=O)O)N3C(=O)[C@@H](NC(=O)/C(=N\O)c4csc(N)n4)[C@H]3SC2)cc1. The Morgan fingerprint density at radius 1 is 1.32 bits per heavy atom. The number of nitrogens with zero attached hydrogens (tertiary/aromatic N) is 3. The summed E-state index contributed by atoms with van der Waals surface area (Å²) >= 11 is 2.35. The number of carboxylic acids is 1. The van der Waals surface area contributed by atoms with Gasteiger partial charge in [-0.25, -0.2) is 9.78 Å². The average molecular weight is 506 g/mol. The summed E-state index contributed by atoms with van der Waals surface area (Å²) in [4.78, 5) is 42.4. The van der Waals surface area contributed by atoms with Crippen molar-refractivity contribution in [3.63, 3.8) is 0 Å². The van der Waals surface area contributed by atoms with Crippen LogP contribution in [0.15, 0.2) is 46.1 Å². The minimum Gasteiger partial charge on any atom is -0.497 e. The van der Waals surface area contributed by atoms with Crippen molar-refractivity contribution in [3.05, 3.63) is 46.6 Å². The lowest BCUT2D eigenvalue weighted by Crippen LogP contribution is -2.71. The number of hydrogen-bond acceptors (Lipinski definition) is 11. The second kappa shape index (κ2) is 9.61. The van der Waals surface area contributed by atoms with Gasteiger partial charge in [0.1, 0.15) is 40.9 Å². The molecule has 2 amide bonds. The Hall–Kier alpha value is -3.78. The van der Waals surface area contributed by atoms with Gasteiger partial charge in [-0.15, -0.1) is 23.1 Å². The van der Waals surface area contributed by atoms with Gasteiger partial charge >= 0.3 is 5.97 Å².